The second-order valence-electron chi connectivity index (χ2n) is 6.51. The van der Waals surface area contributed by atoms with Crippen LogP contribution in [0.15, 0.2) is 23.0 Å². The van der Waals surface area contributed by atoms with Crippen molar-refractivity contribution < 1.29 is 9.47 Å². The third-order valence-electron chi connectivity index (χ3n) is 4.81. The van der Waals surface area contributed by atoms with Gasteiger partial charge < -0.3 is 14.5 Å². The summed E-state index contributed by atoms with van der Waals surface area (Å²) in [6, 6.07) is 5.61. The summed E-state index contributed by atoms with van der Waals surface area (Å²) in [5.41, 5.74) is 2.00. The highest BCUT2D eigenvalue weighted by Gasteiger charge is 2.23. The van der Waals surface area contributed by atoms with Gasteiger partial charge in [-0.15, -0.1) is 11.3 Å². The zero-order chi connectivity index (χ0) is 16.3. The van der Waals surface area contributed by atoms with E-state index < -0.39 is 0 Å². The molecule has 0 spiro atoms. The van der Waals surface area contributed by atoms with E-state index in [4.69, 9.17) is 14.5 Å². The number of hydrogen-bond donors (Lipinski definition) is 1. The lowest BCUT2D eigenvalue weighted by Gasteiger charge is -2.17. The first-order valence-corrected chi connectivity index (χ1v) is 8.95. The van der Waals surface area contributed by atoms with Crippen molar-refractivity contribution in [3.63, 3.8) is 0 Å². The van der Waals surface area contributed by atoms with Crippen LogP contribution in [0.5, 0.6) is 11.5 Å². The van der Waals surface area contributed by atoms with E-state index in [1.54, 1.807) is 11.3 Å². The summed E-state index contributed by atoms with van der Waals surface area (Å²) in [6.07, 6.45) is 3.17. The normalized spacial score (nSPS) is 18.8. The van der Waals surface area contributed by atoms with Gasteiger partial charge in [0.2, 0.25) is 6.79 Å². The highest BCUT2D eigenvalue weighted by molar-refractivity contribution is 7.18. The van der Waals surface area contributed by atoms with E-state index in [1.165, 1.54) is 10.4 Å². The molecule has 5 rings (SSSR count). The highest BCUT2D eigenvalue weighted by Crippen LogP contribution is 2.38. The Morgan fingerprint density at radius 3 is 3.08 bits per heavy atom. The molecule has 122 valence electrons. The predicted molar refractivity (Wildman–Crippen MR) is 93.0 cm³/mol. The van der Waals surface area contributed by atoms with Crippen molar-refractivity contribution in [2.24, 2.45) is 5.92 Å². The molecule has 0 saturated carbocycles. The standard InChI is InChI=1S/C18H16N2O3S/c1-9-2-4-11-14(6-9)24-18-15(11)17(21)19-16(20-18)10-3-5-12-13(7-10)23-8-22-12/h3,5,7,9H,2,4,6,8H2,1H3,(H,19,20,21). The number of ether oxygens (including phenoxy) is 2. The van der Waals surface area contributed by atoms with Crippen molar-refractivity contribution in [2.45, 2.75) is 26.2 Å². The number of hydrogen-bond acceptors (Lipinski definition) is 5. The summed E-state index contributed by atoms with van der Waals surface area (Å²) < 4.78 is 10.8. The molecular formula is C18H16N2O3S. The van der Waals surface area contributed by atoms with Gasteiger partial charge in [0.1, 0.15) is 10.7 Å². The van der Waals surface area contributed by atoms with Gasteiger partial charge in [-0.25, -0.2) is 4.98 Å². The van der Waals surface area contributed by atoms with Crippen molar-refractivity contribution in [1.29, 1.82) is 0 Å². The number of aromatic amines is 1. The molecule has 1 aromatic carbocycles. The maximum atomic E-state index is 12.7. The van der Waals surface area contributed by atoms with E-state index in [2.05, 4.69) is 11.9 Å². The van der Waals surface area contributed by atoms with E-state index in [-0.39, 0.29) is 12.4 Å². The van der Waals surface area contributed by atoms with Gasteiger partial charge in [-0.2, -0.15) is 0 Å². The summed E-state index contributed by atoms with van der Waals surface area (Å²) in [7, 11) is 0. The molecular weight excluding hydrogens is 324 g/mol. The van der Waals surface area contributed by atoms with E-state index in [9.17, 15) is 4.79 Å². The number of nitrogens with one attached hydrogen (secondary N) is 1. The summed E-state index contributed by atoms with van der Waals surface area (Å²) in [4.78, 5) is 22.5. The molecule has 0 bridgehead atoms. The fraction of sp³-hybridized carbons (Fsp3) is 0.333. The van der Waals surface area contributed by atoms with Gasteiger partial charge in [-0.1, -0.05) is 6.92 Å². The molecule has 24 heavy (non-hydrogen) atoms. The number of thiophene rings is 1. The summed E-state index contributed by atoms with van der Waals surface area (Å²) in [6.45, 7) is 2.50. The van der Waals surface area contributed by atoms with Crippen LogP contribution in [0.25, 0.3) is 21.6 Å². The number of nitrogens with zero attached hydrogens (tertiary/aromatic N) is 1. The van der Waals surface area contributed by atoms with Gasteiger partial charge in [-0.05, 0) is 48.9 Å². The van der Waals surface area contributed by atoms with Gasteiger partial charge in [0, 0.05) is 10.4 Å². The van der Waals surface area contributed by atoms with Gasteiger partial charge in [-0.3, -0.25) is 4.79 Å². The zero-order valence-electron chi connectivity index (χ0n) is 13.2. The van der Waals surface area contributed by atoms with Crippen LogP contribution in [0.3, 0.4) is 0 Å². The monoisotopic (exact) mass is 340 g/mol. The highest BCUT2D eigenvalue weighted by atomic mass is 32.1. The number of aryl methyl sites for hydroxylation is 1. The summed E-state index contributed by atoms with van der Waals surface area (Å²) >= 11 is 1.66. The zero-order valence-corrected chi connectivity index (χ0v) is 14.0. The number of fused-ring (bicyclic) bond motifs is 4. The Balaban J connectivity index is 1.67. The molecule has 3 heterocycles. The second kappa shape index (κ2) is 5.08. The van der Waals surface area contributed by atoms with Gasteiger partial charge in [0.05, 0.1) is 5.39 Å². The number of H-pyrrole nitrogens is 1. The van der Waals surface area contributed by atoms with Crippen molar-refractivity contribution in [1.82, 2.24) is 9.97 Å². The molecule has 1 aliphatic heterocycles. The smallest absolute Gasteiger partial charge is 0.260 e. The quantitative estimate of drug-likeness (QED) is 0.736. The minimum atomic E-state index is -0.0419. The third kappa shape index (κ3) is 2.06. The Hall–Kier alpha value is -2.34. The van der Waals surface area contributed by atoms with Crippen molar-refractivity contribution in [3.05, 3.63) is 39.0 Å². The molecule has 1 aliphatic carbocycles. The lowest BCUT2D eigenvalue weighted by Crippen LogP contribution is -2.13. The average Bonchev–Trinajstić information content (AvgIpc) is 3.17. The molecule has 2 aliphatic rings. The molecule has 0 fully saturated rings. The SMILES string of the molecule is CC1CCc2c(sc3nc(-c4ccc5c(c4)OCO5)[nH]c(=O)c23)C1. The predicted octanol–water partition coefficient (Wildman–Crippen LogP) is 3.51. The number of aromatic nitrogens is 2. The Kier molecular flexibility index (Phi) is 2.97. The van der Waals surface area contributed by atoms with Crippen LogP contribution in [0.2, 0.25) is 0 Å². The van der Waals surface area contributed by atoms with Crippen LogP contribution in [0, 0.1) is 5.92 Å². The van der Waals surface area contributed by atoms with E-state index >= 15 is 0 Å². The summed E-state index contributed by atoms with van der Waals surface area (Å²) in [5, 5.41) is 0.784. The molecule has 6 heteroatoms. The first kappa shape index (κ1) is 14.0. The molecule has 0 saturated heterocycles. The van der Waals surface area contributed by atoms with Crippen molar-refractivity contribution in [3.8, 4) is 22.9 Å². The topological polar surface area (TPSA) is 64.2 Å². The molecule has 2 aromatic heterocycles. The van der Waals surface area contributed by atoms with Crippen LogP contribution >= 0.6 is 11.3 Å². The molecule has 0 amide bonds. The maximum absolute atomic E-state index is 12.7. The minimum Gasteiger partial charge on any atom is -0.454 e. The Bertz CT molecular complexity index is 1020. The minimum absolute atomic E-state index is 0.0419. The fourth-order valence-electron chi connectivity index (χ4n) is 3.53. The van der Waals surface area contributed by atoms with Gasteiger partial charge >= 0.3 is 0 Å². The number of benzene rings is 1. The van der Waals surface area contributed by atoms with E-state index in [0.29, 0.717) is 17.5 Å². The van der Waals surface area contributed by atoms with E-state index in [0.717, 1.165) is 40.8 Å². The number of rotatable bonds is 1. The Labute approximate surface area is 142 Å². The molecule has 1 unspecified atom stereocenters. The Morgan fingerprint density at radius 2 is 2.17 bits per heavy atom. The largest absolute Gasteiger partial charge is 0.454 e. The second-order valence-corrected chi connectivity index (χ2v) is 7.60. The Morgan fingerprint density at radius 1 is 1.29 bits per heavy atom. The van der Waals surface area contributed by atoms with Crippen molar-refractivity contribution >= 4 is 21.6 Å². The molecule has 3 aromatic rings. The van der Waals surface area contributed by atoms with Gasteiger partial charge in [0.15, 0.2) is 11.5 Å². The van der Waals surface area contributed by atoms with Crippen LogP contribution in [0.1, 0.15) is 23.8 Å². The first-order chi connectivity index (χ1) is 11.7. The molecule has 0 radical (unpaired) electrons. The first-order valence-electron chi connectivity index (χ1n) is 8.13. The van der Waals surface area contributed by atoms with Crippen molar-refractivity contribution in [2.75, 3.05) is 6.79 Å². The average molecular weight is 340 g/mol. The van der Waals surface area contributed by atoms with Gasteiger partial charge in [0.25, 0.3) is 5.56 Å². The van der Waals surface area contributed by atoms with Crippen LogP contribution in [-0.4, -0.2) is 16.8 Å². The molecule has 1 N–H and O–H groups in total. The van der Waals surface area contributed by atoms with Crippen LogP contribution in [-0.2, 0) is 12.8 Å². The fourth-order valence-corrected chi connectivity index (χ4v) is 4.91. The van der Waals surface area contributed by atoms with Crippen LogP contribution < -0.4 is 15.0 Å². The lowest BCUT2D eigenvalue weighted by molar-refractivity contribution is 0.174. The molecule has 1 atom stereocenters. The third-order valence-corrected chi connectivity index (χ3v) is 5.96. The molecule has 5 nitrogen and oxygen atoms in total. The van der Waals surface area contributed by atoms with E-state index in [1.807, 2.05) is 18.2 Å². The maximum Gasteiger partial charge on any atom is 0.260 e. The summed E-state index contributed by atoms with van der Waals surface area (Å²) in [5.74, 6) is 2.67. The lowest BCUT2D eigenvalue weighted by atomic mass is 9.89. The van der Waals surface area contributed by atoms with Crippen LogP contribution in [0.4, 0.5) is 0 Å².